The Morgan fingerprint density at radius 1 is 1.48 bits per heavy atom. The lowest BCUT2D eigenvalue weighted by Gasteiger charge is -2.06. The van der Waals surface area contributed by atoms with Crippen LogP contribution in [0.3, 0.4) is 0 Å². The zero-order chi connectivity index (χ0) is 15.4. The van der Waals surface area contributed by atoms with Crippen molar-refractivity contribution in [2.24, 2.45) is 0 Å². The maximum atomic E-state index is 11.9. The minimum atomic E-state index is -0.631. The van der Waals surface area contributed by atoms with E-state index in [9.17, 15) is 14.9 Å². The monoisotopic (exact) mass is 308 g/mol. The molecule has 0 saturated heterocycles. The smallest absolute Gasteiger partial charge is 0.338 e. The Morgan fingerprint density at radius 3 is 2.81 bits per heavy atom. The number of aryl methyl sites for hydroxylation is 1. The first-order valence-electron chi connectivity index (χ1n) is 5.91. The van der Waals surface area contributed by atoms with Crippen LogP contribution in [0.25, 0.3) is 0 Å². The Balaban J connectivity index is 2.14. The van der Waals surface area contributed by atoms with E-state index in [2.05, 4.69) is 4.98 Å². The summed E-state index contributed by atoms with van der Waals surface area (Å²) in [5.74, 6) is -0.539. The van der Waals surface area contributed by atoms with E-state index in [1.54, 1.807) is 5.51 Å². The summed E-state index contributed by atoms with van der Waals surface area (Å²) in [6.07, 6.45) is 0. The van der Waals surface area contributed by atoms with Gasteiger partial charge in [0.05, 0.1) is 33.7 Å². The van der Waals surface area contributed by atoms with Crippen molar-refractivity contribution in [3.8, 4) is 5.75 Å². The highest BCUT2D eigenvalue weighted by Crippen LogP contribution is 2.28. The van der Waals surface area contributed by atoms with Crippen molar-refractivity contribution in [1.29, 1.82) is 0 Å². The van der Waals surface area contributed by atoms with Gasteiger partial charge in [0.1, 0.15) is 6.61 Å². The van der Waals surface area contributed by atoms with E-state index in [0.717, 1.165) is 16.6 Å². The summed E-state index contributed by atoms with van der Waals surface area (Å²) in [5, 5.41) is 10.9. The van der Waals surface area contributed by atoms with E-state index >= 15 is 0 Å². The number of methoxy groups -OCH3 is 1. The highest BCUT2D eigenvalue weighted by Gasteiger charge is 2.19. The maximum Gasteiger partial charge on any atom is 0.338 e. The zero-order valence-electron chi connectivity index (χ0n) is 11.4. The number of carbonyl (C=O) groups is 1. The minimum Gasteiger partial charge on any atom is -0.490 e. The largest absolute Gasteiger partial charge is 0.490 e. The summed E-state index contributed by atoms with van der Waals surface area (Å²) < 4.78 is 10.0. The number of hydrogen-bond acceptors (Lipinski definition) is 7. The number of benzene rings is 1. The second kappa shape index (κ2) is 6.31. The van der Waals surface area contributed by atoms with Gasteiger partial charge in [-0.3, -0.25) is 10.1 Å². The molecule has 110 valence electrons. The van der Waals surface area contributed by atoms with Crippen molar-refractivity contribution >= 4 is 23.0 Å². The number of ether oxygens (including phenoxy) is 2. The standard InChI is InChI=1S/C13H12N2O5S/c1-8-12(21-7-14-8)6-20-13(16)9-3-4-11(19-2)10(5-9)15(17)18/h3-5,7H,6H2,1-2H3. The molecule has 7 nitrogen and oxygen atoms in total. The van der Waals surface area contributed by atoms with Crippen LogP contribution in [-0.4, -0.2) is 23.0 Å². The van der Waals surface area contributed by atoms with Gasteiger partial charge in [-0.2, -0.15) is 0 Å². The number of hydrogen-bond donors (Lipinski definition) is 0. The molecule has 0 spiro atoms. The number of thiazole rings is 1. The predicted octanol–water partition coefficient (Wildman–Crippen LogP) is 2.73. The van der Waals surface area contributed by atoms with Crippen molar-refractivity contribution in [2.45, 2.75) is 13.5 Å². The number of nitro groups is 1. The lowest BCUT2D eigenvalue weighted by molar-refractivity contribution is -0.385. The van der Waals surface area contributed by atoms with E-state index < -0.39 is 10.9 Å². The second-order valence-corrected chi connectivity index (χ2v) is 5.02. The Kier molecular flexibility index (Phi) is 4.49. The van der Waals surface area contributed by atoms with Gasteiger partial charge < -0.3 is 9.47 Å². The van der Waals surface area contributed by atoms with Gasteiger partial charge in [-0.1, -0.05) is 0 Å². The Bertz CT molecular complexity index is 683. The molecule has 0 fully saturated rings. The SMILES string of the molecule is COc1ccc(C(=O)OCc2scnc2C)cc1[N+](=O)[O-]. The summed E-state index contributed by atoms with van der Waals surface area (Å²) in [6.45, 7) is 1.91. The van der Waals surface area contributed by atoms with Crippen LogP contribution in [0.1, 0.15) is 20.9 Å². The van der Waals surface area contributed by atoms with Gasteiger partial charge >= 0.3 is 11.7 Å². The van der Waals surface area contributed by atoms with Crippen molar-refractivity contribution in [1.82, 2.24) is 4.98 Å². The first-order valence-corrected chi connectivity index (χ1v) is 6.79. The Hall–Kier alpha value is -2.48. The van der Waals surface area contributed by atoms with Gasteiger partial charge in [0.2, 0.25) is 0 Å². The molecule has 1 aromatic carbocycles. The molecule has 0 aliphatic rings. The molecule has 2 aromatic rings. The first kappa shape index (κ1) is 14.9. The molecule has 0 aliphatic carbocycles. The number of rotatable bonds is 5. The van der Waals surface area contributed by atoms with E-state index in [1.165, 1.54) is 30.6 Å². The topological polar surface area (TPSA) is 91.6 Å². The molecule has 2 rings (SSSR count). The van der Waals surface area contributed by atoms with Gasteiger partial charge in [-0.25, -0.2) is 9.78 Å². The van der Waals surface area contributed by atoms with E-state index in [0.29, 0.717) is 0 Å². The summed E-state index contributed by atoms with van der Waals surface area (Å²) >= 11 is 1.38. The molecule has 0 bridgehead atoms. The van der Waals surface area contributed by atoms with Crippen molar-refractivity contribution < 1.29 is 19.2 Å². The average molecular weight is 308 g/mol. The lowest BCUT2D eigenvalue weighted by atomic mass is 10.2. The lowest BCUT2D eigenvalue weighted by Crippen LogP contribution is -2.06. The number of carbonyl (C=O) groups excluding carboxylic acids is 1. The molecule has 0 radical (unpaired) electrons. The third-order valence-electron chi connectivity index (χ3n) is 2.79. The van der Waals surface area contributed by atoms with Gasteiger partial charge in [-0.05, 0) is 19.1 Å². The maximum absolute atomic E-state index is 11.9. The van der Waals surface area contributed by atoms with Gasteiger partial charge in [-0.15, -0.1) is 11.3 Å². The van der Waals surface area contributed by atoms with Crippen LogP contribution in [0.4, 0.5) is 5.69 Å². The molecule has 1 aromatic heterocycles. The molecule has 1 heterocycles. The highest BCUT2D eigenvalue weighted by molar-refractivity contribution is 7.09. The molecule has 0 N–H and O–H groups in total. The van der Waals surface area contributed by atoms with E-state index in [-0.39, 0.29) is 23.6 Å². The molecule has 0 aliphatic heterocycles. The number of nitro benzene ring substituents is 1. The molecule has 21 heavy (non-hydrogen) atoms. The van der Waals surface area contributed by atoms with Crippen LogP contribution in [0.15, 0.2) is 23.7 Å². The summed E-state index contributed by atoms with van der Waals surface area (Å²) in [6, 6.07) is 3.93. The quantitative estimate of drug-likeness (QED) is 0.479. The third kappa shape index (κ3) is 3.34. The van der Waals surface area contributed by atoms with Crippen LogP contribution in [0, 0.1) is 17.0 Å². The average Bonchev–Trinajstić information content (AvgIpc) is 2.89. The number of aromatic nitrogens is 1. The third-order valence-corrected chi connectivity index (χ3v) is 3.70. The molecule has 0 unspecified atom stereocenters. The molecule has 0 amide bonds. The second-order valence-electron chi connectivity index (χ2n) is 4.08. The molecule has 0 atom stereocenters. The number of nitrogens with zero attached hydrogens (tertiary/aromatic N) is 2. The van der Waals surface area contributed by atoms with E-state index in [1.807, 2.05) is 6.92 Å². The Labute approximate surface area is 124 Å². The molecule has 0 saturated carbocycles. The van der Waals surface area contributed by atoms with Crippen LogP contribution in [0.5, 0.6) is 5.75 Å². The molecule has 8 heteroatoms. The van der Waals surface area contributed by atoms with Crippen molar-refractivity contribution in [3.63, 3.8) is 0 Å². The first-order chi connectivity index (χ1) is 10.0. The van der Waals surface area contributed by atoms with Crippen LogP contribution >= 0.6 is 11.3 Å². The predicted molar refractivity (Wildman–Crippen MR) is 75.6 cm³/mol. The summed E-state index contributed by atoms with van der Waals surface area (Å²) in [7, 11) is 1.33. The van der Waals surface area contributed by atoms with Gasteiger partial charge in [0.25, 0.3) is 0 Å². The molecular weight excluding hydrogens is 296 g/mol. The van der Waals surface area contributed by atoms with Crippen LogP contribution in [0.2, 0.25) is 0 Å². The summed E-state index contributed by atoms with van der Waals surface area (Å²) in [4.78, 5) is 27.1. The van der Waals surface area contributed by atoms with Gasteiger partial charge in [0, 0.05) is 6.07 Å². The number of esters is 1. The van der Waals surface area contributed by atoms with E-state index in [4.69, 9.17) is 9.47 Å². The van der Waals surface area contributed by atoms with Crippen LogP contribution in [-0.2, 0) is 11.3 Å². The minimum absolute atomic E-state index is 0.0924. The van der Waals surface area contributed by atoms with Gasteiger partial charge in [0.15, 0.2) is 5.75 Å². The highest BCUT2D eigenvalue weighted by atomic mass is 32.1. The Morgan fingerprint density at radius 2 is 2.24 bits per heavy atom. The fraction of sp³-hybridized carbons (Fsp3) is 0.231. The fourth-order valence-electron chi connectivity index (χ4n) is 1.64. The molecular formula is C13H12N2O5S. The fourth-order valence-corrected chi connectivity index (χ4v) is 2.33. The zero-order valence-corrected chi connectivity index (χ0v) is 12.2. The normalized spacial score (nSPS) is 10.2. The summed E-state index contributed by atoms with van der Waals surface area (Å²) in [5.41, 5.74) is 2.29. The van der Waals surface area contributed by atoms with Crippen molar-refractivity contribution in [2.75, 3.05) is 7.11 Å². The van der Waals surface area contributed by atoms with Crippen molar-refractivity contribution in [3.05, 3.63) is 50.0 Å². The van der Waals surface area contributed by atoms with Crippen LogP contribution < -0.4 is 4.74 Å².